The fraction of sp³-hybridized carbons (Fsp3) is 0.588. The molecule has 1 amide bonds. The number of hydrogen-bond donors (Lipinski definition) is 2. The minimum atomic E-state index is 0.0282. The number of ether oxygens (including phenoxy) is 1. The Kier molecular flexibility index (Phi) is 5.62. The van der Waals surface area contributed by atoms with Crippen molar-refractivity contribution in [3.63, 3.8) is 0 Å². The van der Waals surface area contributed by atoms with Crippen LogP contribution in [0, 0.1) is 5.92 Å². The molecule has 4 nitrogen and oxygen atoms in total. The van der Waals surface area contributed by atoms with Gasteiger partial charge in [0.1, 0.15) is 5.75 Å². The molecule has 1 aromatic carbocycles. The van der Waals surface area contributed by atoms with Crippen LogP contribution in [0.4, 0.5) is 0 Å². The second kappa shape index (κ2) is 7.46. The Morgan fingerprint density at radius 3 is 2.38 bits per heavy atom. The summed E-state index contributed by atoms with van der Waals surface area (Å²) in [5, 5.41) is 6.40. The number of carbonyl (C=O) groups is 1. The molecule has 0 aromatic heterocycles. The summed E-state index contributed by atoms with van der Waals surface area (Å²) in [4.78, 5) is 12.2. The van der Waals surface area contributed by atoms with E-state index in [1.54, 1.807) is 0 Å². The zero-order valence-electron chi connectivity index (χ0n) is 13.2. The Labute approximate surface area is 127 Å². The molecule has 0 aliphatic carbocycles. The predicted octanol–water partition coefficient (Wildman–Crippen LogP) is 2.65. The number of nitrogens with one attached hydrogen (secondary N) is 2. The summed E-state index contributed by atoms with van der Waals surface area (Å²) in [5.41, 5.74) is 1.10. The van der Waals surface area contributed by atoms with Crippen molar-refractivity contribution >= 4 is 5.91 Å². The van der Waals surface area contributed by atoms with Gasteiger partial charge < -0.3 is 15.4 Å². The van der Waals surface area contributed by atoms with Crippen LogP contribution >= 0.6 is 0 Å². The summed E-state index contributed by atoms with van der Waals surface area (Å²) >= 11 is 0. The van der Waals surface area contributed by atoms with E-state index >= 15 is 0 Å². The summed E-state index contributed by atoms with van der Waals surface area (Å²) in [7, 11) is 0. The lowest BCUT2D eigenvalue weighted by Gasteiger charge is -2.24. The minimum absolute atomic E-state index is 0.0282. The van der Waals surface area contributed by atoms with Crippen molar-refractivity contribution in [3.8, 4) is 5.75 Å². The van der Waals surface area contributed by atoms with Crippen LogP contribution in [0.1, 0.15) is 45.2 Å². The maximum absolute atomic E-state index is 12.2. The number of hydrogen-bond acceptors (Lipinski definition) is 3. The van der Waals surface area contributed by atoms with E-state index in [1.165, 1.54) is 0 Å². The molecule has 1 aromatic rings. The normalized spacial score (nSPS) is 17.5. The lowest BCUT2D eigenvalue weighted by atomic mass is 9.96. The molecule has 1 saturated heterocycles. The number of rotatable bonds is 5. The van der Waals surface area contributed by atoms with Crippen molar-refractivity contribution < 1.29 is 9.53 Å². The topological polar surface area (TPSA) is 50.4 Å². The Morgan fingerprint density at radius 2 is 1.81 bits per heavy atom. The lowest BCUT2D eigenvalue weighted by Crippen LogP contribution is -2.39. The molecule has 0 spiro atoms. The Bertz CT molecular complexity index is 450. The molecule has 0 saturated carbocycles. The zero-order chi connectivity index (χ0) is 15.2. The van der Waals surface area contributed by atoms with Crippen molar-refractivity contribution in [2.75, 3.05) is 13.1 Å². The van der Waals surface area contributed by atoms with Gasteiger partial charge in [0, 0.05) is 5.92 Å². The van der Waals surface area contributed by atoms with Crippen molar-refractivity contribution in [1.82, 2.24) is 10.6 Å². The molecule has 1 atom stereocenters. The summed E-state index contributed by atoms with van der Waals surface area (Å²) in [6.45, 7) is 7.92. The van der Waals surface area contributed by atoms with Crippen LogP contribution in [0.25, 0.3) is 0 Å². The summed E-state index contributed by atoms with van der Waals surface area (Å²) < 4.78 is 5.63. The van der Waals surface area contributed by atoms with E-state index in [4.69, 9.17) is 4.74 Å². The average Bonchev–Trinajstić information content (AvgIpc) is 2.48. The van der Waals surface area contributed by atoms with Gasteiger partial charge in [-0.1, -0.05) is 12.1 Å². The number of amides is 1. The maximum Gasteiger partial charge on any atom is 0.223 e. The van der Waals surface area contributed by atoms with Crippen LogP contribution in [0.3, 0.4) is 0 Å². The van der Waals surface area contributed by atoms with Gasteiger partial charge in [-0.05, 0) is 64.4 Å². The SMILES string of the molecule is CC(C)Oc1ccc(C(C)NC(=O)C2CCNCC2)cc1. The van der Waals surface area contributed by atoms with Crippen molar-refractivity contribution in [1.29, 1.82) is 0 Å². The van der Waals surface area contributed by atoms with Gasteiger partial charge in [-0.3, -0.25) is 4.79 Å². The molecule has 21 heavy (non-hydrogen) atoms. The summed E-state index contributed by atoms with van der Waals surface area (Å²) in [6.07, 6.45) is 2.03. The van der Waals surface area contributed by atoms with E-state index in [-0.39, 0.29) is 24.0 Å². The number of carbonyl (C=O) groups excluding carboxylic acids is 1. The van der Waals surface area contributed by atoms with Gasteiger partial charge in [0.25, 0.3) is 0 Å². The highest BCUT2D eigenvalue weighted by Gasteiger charge is 2.22. The Hall–Kier alpha value is -1.55. The van der Waals surface area contributed by atoms with Crippen LogP contribution in [0.5, 0.6) is 5.75 Å². The molecule has 1 unspecified atom stereocenters. The molecule has 116 valence electrons. The highest BCUT2D eigenvalue weighted by molar-refractivity contribution is 5.79. The molecule has 2 N–H and O–H groups in total. The third-order valence-corrected chi connectivity index (χ3v) is 3.82. The first kappa shape index (κ1) is 15.8. The quantitative estimate of drug-likeness (QED) is 0.876. The van der Waals surface area contributed by atoms with Gasteiger partial charge in [0.2, 0.25) is 5.91 Å². The van der Waals surface area contributed by atoms with Crippen LogP contribution in [0.15, 0.2) is 24.3 Å². The molecule has 1 aliphatic rings. The van der Waals surface area contributed by atoms with Crippen LogP contribution < -0.4 is 15.4 Å². The van der Waals surface area contributed by atoms with Crippen LogP contribution in [0.2, 0.25) is 0 Å². The van der Waals surface area contributed by atoms with Crippen molar-refractivity contribution in [3.05, 3.63) is 29.8 Å². The first-order chi connectivity index (χ1) is 10.1. The second-order valence-electron chi connectivity index (χ2n) is 5.99. The first-order valence-electron chi connectivity index (χ1n) is 7.84. The van der Waals surface area contributed by atoms with E-state index in [1.807, 2.05) is 45.0 Å². The molecule has 1 aliphatic heterocycles. The van der Waals surface area contributed by atoms with Crippen LogP contribution in [-0.4, -0.2) is 25.1 Å². The molecule has 2 rings (SSSR count). The lowest BCUT2D eigenvalue weighted by molar-refractivity contribution is -0.126. The van der Waals surface area contributed by atoms with E-state index in [9.17, 15) is 4.79 Å². The van der Waals surface area contributed by atoms with E-state index in [0.29, 0.717) is 0 Å². The molecular formula is C17H26N2O2. The predicted molar refractivity (Wildman–Crippen MR) is 84.4 cm³/mol. The number of benzene rings is 1. The fourth-order valence-corrected chi connectivity index (χ4v) is 2.61. The van der Waals surface area contributed by atoms with E-state index in [2.05, 4.69) is 10.6 Å². The molecule has 0 radical (unpaired) electrons. The minimum Gasteiger partial charge on any atom is -0.491 e. The van der Waals surface area contributed by atoms with Crippen LogP contribution in [-0.2, 0) is 4.79 Å². The van der Waals surface area contributed by atoms with Gasteiger partial charge in [0.05, 0.1) is 12.1 Å². The van der Waals surface area contributed by atoms with E-state index < -0.39 is 0 Å². The fourth-order valence-electron chi connectivity index (χ4n) is 2.61. The highest BCUT2D eigenvalue weighted by Crippen LogP contribution is 2.20. The van der Waals surface area contributed by atoms with E-state index in [0.717, 1.165) is 37.2 Å². The van der Waals surface area contributed by atoms with Gasteiger partial charge in [-0.25, -0.2) is 0 Å². The Balaban J connectivity index is 1.90. The molecule has 0 bridgehead atoms. The smallest absolute Gasteiger partial charge is 0.223 e. The third kappa shape index (κ3) is 4.74. The molecule has 1 heterocycles. The van der Waals surface area contributed by atoms with Gasteiger partial charge >= 0.3 is 0 Å². The zero-order valence-corrected chi connectivity index (χ0v) is 13.2. The first-order valence-corrected chi connectivity index (χ1v) is 7.84. The number of piperidine rings is 1. The van der Waals surface area contributed by atoms with Gasteiger partial charge in [-0.15, -0.1) is 0 Å². The maximum atomic E-state index is 12.2. The molecular weight excluding hydrogens is 264 g/mol. The largest absolute Gasteiger partial charge is 0.491 e. The monoisotopic (exact) mass is 290 g/mol. The highest BCUT2D eigenvalue weighted by atomic mass is 16.5. The third-order valence-electron chi connectivity index (χ3n) is 3.82. The average molecular weight is 290 g/mol. The second-order valence-corrected chi connectivity index (χ2v) is 5.99. The Morgan fingerprint density at radius 1 is 1.19 bits per heavy atom. The van der Waals surface area contributed by atoms with Gasteiger partial charge in [0.15, 0.2) is 0 Å². The van der Waals surface area contributed by atoms with Crippen molar-refractivity contribution in [2.24, 2.45) is 5.92 Å². The summed E-state index contributed by atoms with van der Waals surface area (Å²) in [6, 6.07) is 7.99. The van der Waals surface area contributed by atoms with Gasteiger partial charge in [-0.2, -0.15) is 0 Å². The summed E-state index contributed by atoms with van der Waals surface area (Å²) in [5.74, 6) is 1.19. The van der Waals surface area contributed by atoms with Crippen molar-refractivity contribution in [2.45, 2.75) is 45.8 Å². The molecule has 1 fully saturated rings. The standard InChI is InChI=1S/C17H26N2O2/c1-12(2)21-16-6-4-14(5-7-16)13(3)19-17(20)15-8-10-18-11-9-15/h4-7,12-13,15,18H,8-11H2,1-3H3,(H,19,20). The molecule has 4 heteroatoms.